The molecule has 4 atom stereocenters. The number of quaternary nitrogens is 1. The summed E-state index contributed by atoms with van der Waals surface area (Å²) >= 11 is 1.41. The average Bonchev–Trinajstić information content (AvgIpc) is 3.61. The Morgan fingerprint density at radius 2 is 1.95 bits per heavy atom. The molecule has 0 saturated carbocycles. The smallest absolute Gasteiger partial charge is 0.437 e. The number of amides is 4. The van der Waals surface area contributed by atoms with E-state index in [2.05, 4.69) is 5.10 Å². The van der Waals surface area contributed by atoms with Crippen LogP contribution in [0.1, 0.15) is 63.0 Å². The number of carbonyl (C=O) groups is 4. The summed E-state index contributed by atoms with van der Waals surface area (Å²) in [6.07, 6.45) is 0.00493. The summed E-state index contributed by atoms with van der Waals surface area (Å²) in [5, 5.41) is 5.88. The van der Waals surface area contributed by atoms with E-state index in [0.717, 1.165) is 16.7 Å². The molecule has 1 aliphatic heterocycles. The minimum Gasteiger partial charge on any atom is -0.452 e. The van der Waals surface area contributed by atoms with Crippen molar-refractivity contribution in [1.82, 2.24) is 14.7 Å². The molecule has 0 aromatic carbocycles. The van der Waals surface area contributed by atoms with E-state index in [1.54, 1.807) is 40.7 Å². The van der Waals surface area contributed by atoms with Gasteiger partial charge in [0.15, 0.2) is 0 Å². The number of nitrogens with two attached hydrogens (primary N) is 1. The second kappa shape index (κ2) is 11.7. The van der Waals surface area contributed by atoms with Gasteiger partial charge in [-0.1, -0.05) is 33.8 Å². The maximum Gasteiger partial charge on any atom is 0.437 e. The van der Waals surface area contributed by atoms with E-state index in [0.29, 0.717) is 17.7 Å². The summed E-state index contributed by atoms with van der Waals surface area (Å²) < 4.78 is 10.4. The number of nitrogens with zero attached hydrogens (tertiary/aromatic N) is 4. The van der Waals surface area contributed by atoms with Gasteiger partial charge in [-0.15, -0.1) is 16.4 Å². The molecule has 2 aromatic rings. The minimum absolute atomic E-state index is 0.0956. The number of hydrogen-bond acceptors (Lipinski definition) is 10. The van der Waals surface area contributed by atoms with Crippen molar-refractivity contribution < 1.29 is 32.8 Å². The fourth-order valence-electron chi connectivity index (χ4n) is 4.84. The number of ether oxygens (including phenoxy) is 1. The Bertz CT molecular complexity index is 1240. The molecule has 1 unspecified atom stereocenters. The number of likely N-dealkylation sites (tertiary alicyclic amines) is 1. The molecule has 208 valence electrons. The van der Waals surface area contributed by atoms with Crippen molar-refractivity contribution in [3.8, 4) is 0 Å². The third kappa shape index (κ3) is 5.36. The predicted octanol–water partition coefficient (Wildman–Crippen LogP) is 2.85. The molecule has 1 saturated heterocycles. The maximum absolute atomic E-state index is 14.3. The van der Waals surface area contributed by atoms with Gasteiger partial charge in [-0.25, -0.2) is 19.2 Å². The highest BCUT2D eigenvalue weighted by Gasteiger charge is 2.59. The first-order valence-corrected chi connectivity index (χ1v) is 13.5. The van der Waals surface area contributed by atoms with Gasteiger partial charge in [-0.2, -0.15) is 14.1 Å². The Kier molecular flexibility index (Phi) is 9.05. The zero-order valence-corrected chi connectivity index (χ0v) is 23.4. The van der Waals surface area contributed by atoms with E-state index in [4.69, 9.17) is 14.9 Å². The molecule has 3 heterocycles. The number of ketones is 1. The normalized spacial score (nSPS) is 20.9. The van der Waals surface area contributed by atoms with Crippen LogP contribution >= 0.6 is 11.3 Å². The number of thiophene rings is 1. The highest BCUT2D eigenvalue weighted by molar-refractivity contribution is 7.09. The molecule has 1 fully saturated rings. The molecule has 1 aliphatic rings. The van der Waals surface area contributed by atoms with Crippen molar-refractivity contribution in [3.05, 3.63) is 38.8 Å². The van der Waals surface area contributed by atoms with Crippen molar-refractivity contribution in [2.45, 2.75) is 72.1 Å². The number of methoxy groups -OCH3 is 1. The van der Waals surface area contributed by atoms with E-state index in [1.807, 2.05) is 11.4 Å². The topological polar surface area (TPSA) is 155 Å². The van der Waals surface area contributed by atoms with Gasteiger partial charge >= 0.3 is 23.8 Å². The molecule has 3 rings (SSSR count). The zero-order valence-electron chi connectivity index (χ0n) is 22.6. The largest absolute Gasteiger partial charge is 0.452 e. The monoisotopic (exact) mass is 550 g/mol. The van der Waals surface area contributed by atoms with Crippen molar-refractivity contribution in [1.29, 1.82) is 0 Å². The standard InChI is InChI=1S/C25H36N5O7S/c1-14(2)18(26)22(32)30(11-7-9-16(30)5)23(33)29(25(35)36-6)19(15(3)4)20(31)21-27-28(24(34)37-21)13-17-10-8-12-38-17/h8,10,12,14-16,18-19H,7,9,11,13,26H2,1-6H3/q+1/t16-,18+,19+,30?/m1/s1. The van der Waals surface area contributed by atoms with E-state index >= 15 is 0 Å². The highest BCUT2D eigenvalue weighted by atomic mass is 32.1. The SMILES string of the molecule is COC(=O)N(C(=O)[N+]1(C(=O)[C@@H](N)C(C)C)CCC[C@H]1C)[C@H](C(=O)c1nn(Cc2cccs2)c(=O)o1)C(C)C. The molecule has 0 spiro atoms. The summed E-state index contributed by atoms with van der Waals surface area (Å²) in [5.74, 6) is -3.66. The van der Waals surface area contributed by atoms with Crippen molar-refractivity contribution >= 4 is 35.2 Å². The number of Topliss-reactive ketones (excluding diaryl/α,β-unsaturated/α-hetero) is 1. The maximum atomic E-state index is 14.3. The second-order valence-electron chi connectivity index (χ2n) is 10.3. The van der Waals surface area contributed by atoms with Crippen LogP contribution in [-0.4, -0.2) is 74.8 Å². The minimum atomic E-state index is -1.45. The molecule has 2 aromatic heterocycles. The molecule has 12 nitrogen and oxygen atoms in total. The Labute approximate surface area is 224 Å². The van der Waals surface area contributed by atoms with E-state index < -0.39 is 64.0 Å². The average molecular weight is 551 g/mol. The van der Waals surface area contributed by atoms with E-state index in [9.17, 15) is 24.0 Å². The van der Waals surface area contributed by atoms with Crippen LogP contribution in [0.4, 0.5) is 9.59 Å². The lowest BCUT2D eigenvalue weighted by Crippen LogP contribution is -2.70. The lowest BCUT2D eigenvalue weighted by molar-refractivity contribution is -0.788. The number of urea groups is 1. The molecule has 13 heteroatoms. The lowest BCUT2D eigenvalue weighted by atomic mass is 9.97. The summed E-state index contributed by atoms with van der Waals surface area (Å²) in [7, 11) is 1.08. The predicted molar refractivity (Wildman–Crippen MR) is 138 cm³/mol. The Balaban J connectivity index is 2.07. The fourth-order valence-corrected chi connectivity index (χ4v) is 5.52. The van der Waals surface area contributed by atoms with Crippen LogP contribution in [-0.2, 0) is 16.1 Å². The Hall–Kier alpha value is -3.16. The van der Waals surface area contributed by atoms with Crippen molar-refractivity contribution in [2.24, 2.45) is 17.6 Å². The van der Waals surface area contributed by atoms with Crippen LogP contribution in [0, 0.1) is 11.8 Å². The molecule has 0 radical (unpaired) electrons. The summed E-state index contributed by atoms with van der Waals surface area (Å²) in [5.41, 5.74) is 6.21. The first kappa shape index (κ1) is 29.4. The first-order valence-electron chi connectivity index (χ1n) is 12.6. The van der Waals surface area contributed by atoms with Crippen molar-refractivity contribution in [2.75, 3.05) is 13.7 Å². The van der Waals surface area contributed by atoms with Crippen LogP contribution in [0.15, 0.2) is 26.7 Å². The molecule has 0 bridgehead atoms. The number of hydrogen-bond donors (Lipinski definition) is 1. The van der Waals surface area contributed by atoms with Gasteiger partial charge in [0, 0.05) is 17.7 Å². The van der Waals surface area contributed by atoms with Gasteiger partial charge in [0.05, 0.1) is 20.2 Å². The van der Waals surface area contributed by atoms with Crippen LogP contribution in [0.2, 0.25) is 0 Å². The zero-order chi connectivity index (χ0) is 28.4. The Morgan fingerprint density at radius 1 is 1.26 bits per heavy atom. The van der Waals surface area contributed by atoms with Crippen LogP contribution < -0.4 is 11.5 Å². The highest BCUT2D eigenvalue weighted by Crippen LogP contribution is 2.33. The summed E-state index contributed by atoms with van der Waals surface area (Å²) in [4.78, 5) is 68.7. The van der Waals surface area contributed by atoms with Gasteiger partial charge in [0.1, 0.15) is 18.1 Å². The molecule has 0 aliphatic carbocycles. The molecular formula is C25H36N5O7S+. The second-order valence-corrected chi connectivity index (χ2v) is 11.3. The number of imide groups is 2. The molecule has 2 N–H and O–H groups in total. The van der Waals surface area contributed by atoms with E-state index in [1.165, 1.54) is 11.3 Å². The molecular weight excluding hydrogens is 514 g/mol. The summed E-state index contributed by atoms with van der Waals surface area (Å²) in [6, 6.07) is -0.155. The van der Waals surface area contributed by atoms with Crippen LogP contribution in [0.3, 0.4) is 0 Å². The van der Waals surface area contributed by atoms with Crippen molar-refractivity contribution in [3.63, 3.8) is 0 Å². The number of carbonyl (C=O) groups excluding carboxylic acids is 4. The molecule has 38 heavy (non-hydrogen) atoms. The van der Waals surface area contributed by atoms with Gasteiger partial charge in [0.2, 0.25) is 5.78 Å². The van der Waals surface area contributed by atoms with Crippen LogP contribution in [0.5, 0.6) is 0 Å². The molecule has 4 amide bonds. The fraction of sp³-hybridized carbons (Fsp3) is 0.600. The third-order valence-electron chi connectivity index (χ3n) is 7.08. The van der Waals surface area contributed by atoms with Gasteiger partial charge in [-0.3, -0.25) is 4.79 Å². The third-order valence-corrected chi connectivity index (χ3v) is 7.94. The first-order chi connectivity index (χ1) is 17.9. The van der Waals surface area contributed by atoms with Gasteiger partial charge in [0.25, 0.3) is 5.89 Å². The van der Waals surface area contributed by atoms with E-state index in [-0.39, 0.29) is 19.0 Å². The lowest BCUT2D eigenvalue weighted by Gasteiger charge is -2.40. The number of rotatable bonds is 8. The van der Waals surface area contributed by atoms with Gasteiger partial charge < -0.3 is 14.9 Å². The van der Waals surface area contributed by atoms with Crippen LogP contribution in [0.25, 0.3) is 0 Å². The van der Waals surface area contributed by atoms with Gasteiger partial charge in [-0.05, 0) is 30.2 Å². The number of aromatic nitrogens is 2. The Morgan fingerprint density at radius 3 is 2.45 bits per heavy atom. The quantitative estimate of drug-likeness (QED) is 0.386. The summed E-state index contributed by atoms with van der Waals surface area (Å²) in [6.45, 7) is 8.80.